The molecule has 0 bridgehead atoms. The smallest absolute Gasteiger partial charge is 0.338 e. The van der Waals surface area contributed by atoms with Gasteiger partial charge >= 0.3 is 18.0 Å². The zero-order chi connectivity index (χ0) is 24.8. The topological polar surface area (TPSA) is 94.2 Å². The molecule has 1 unspecified atom stereocenters. The maximum absolute atomic E-state index is 13.1. The summed E-state index contributed by atoms with van der Waals surface area (Å²) in [4.78, 5) is 43.5. The molecule has 0 radical (unpaired) electrons. The maximum atomic E-state index is 13.1. The lowest BCUT2D eigenvalue weighted by Crippen LogP contribution is -2.54. The summed E-state index contributed by atoms with van der Waals surface area (Å²) in [6.45, 7) is 7.26. The van der Waals surface area contributed by atoms with Gasteiger partial charge in [-0.1, -0.05) is 36.2 Å². The Labute approximate surface area is 210 Å². The van der Waals surface area contributed by atoms with Crippen molar-refractivity contribution in [3.63, 3.8) is 0 Å². The molecular formula is C23H31Cl2N5O4. The minimum Gasteiger partial charge on any atom is -0.463 e. The van der Waals surface area contributed by atoms with Gasteiger partial charge in [0.1, 0.15) is 0 Å². The highest BCUT2D eigenvalue weighted by Gasteiger charge is 2.38. The average molecular weight is 512 g/mol. The molecule has 186 valence electrons. The summed E-state index contributed by atoms with van der Waals surface area (Å²) in [7, 11) is 1.62. The van der Waals surface area contributed by atoms with Crippen molar-refractivity contribution < 1.29 is 19.1 Å². The van der Waals surface area contributed by atoms with Gasteiger partial charge in [0.25, 0.3) is 0 Å². The van der Waals surface area contributed by atoms with Crippen LogP contribution in [0.2, 0.25) is 10.0 Å². The van der Waals surface area contributed by atoms with Crippen LogP contribution in [-0.2, 0) is 9.53 Å². The predicted octanol–water partition coefficient (Wildman–Crippen LogP) is 3.24. The number of carbonyl (C=O) groups is 3. The fourth-order valence-electron chi connectivity index (χ4n) is 4.03. The van der Waals surface area contributed by atoms with Gasteiger partial charge in [-0.05, 0) is 31.0 Å². The second-order valence-corrected chi connectivity index (χ2v) is 9.03. The van der Waals surface area contributed by atoms with Crippen LogP contribution in [0, 0.1) is 0 Å². The Morgan fingerprint density at radius 3 is 2.50 bits per heavy atom. The van der Waals surface area contributed by atoms with Crippen LogP contribution in [0.15, 0.2) is 29.5 Å². The van der Waals surface area contributed by atoms with Crippen LogP contribution in [0.1, 0.15) is 31.9 Å². The average Bonchev–Trinajstić information content (AvgIpc) is 2.81. The number of piperazine rings is 1. The molecule has 0 spiro atoms. The fraction of sp³-hybridized carbons (Fsp3) is 0.522. The largest absolute Gasteiger partial charge is 0.463 e. The molecule has 1 aromatic carbocycles. The number of nitrogens with one attached hydrogen (secondary N) is 2. The number of likely N-dealkylation sites (N-methyl/N-ethyl adjacent to an activating group) is 1. The summed E-state index contributed by atoms with van der Waals surface area (Å²) < 4.78 is 5.36. The Kier molecular flexibility index (Phi) is 9.04. The van der Waals surface area contributed by atoms with E-state index in [0.717, 1.165) is 6.42 Å². The number of nitrogens with zero attached hydrogens (tertiary/aromatic N) is 3. The first-order valence-electron chi connectivity index (χ1n) is 11.4. The highest BCUT2D eigenvalue weighted by molar-refractivity contribution is 6.35. The lowest BCUT2D eigenvalue weighted by molar-refractivity contribution is -0.139. The van der Waals surface area contributed by atoms with Gasteiger partial charge in [-0.3, -0.25) is 9.80 Å². The number of ether oxygens (including phenoxy) is 1. The maximum Gasteiger partial charge on any atom is 0.338 e. The van der Waals surface area contributed by atoms with Crippen molar-refractivity contribution in [3.05, 3.63) is 45.1 Å². The molecule has 1 fully saturated rings. The van der Waals surface area contributed by atoms with Crippen LogP contribution in [0.3, 0.4) is 0 Å². The number of amides is 4. The third-order valence-corrected chi connectivity index (χ3v) is 6.47. The molecular weight excluding hydrogens is 481 g/mol. The standard InChI is InChI=1S/C23H31Cl2N5O4/c1-4-8-26-22(32)30-11-9-29(10-12-30)14-18-19(21(31)34-5-2)20(27-23(33)28(18)3)16-7-6-15(24)13-17(16)25/h6-7,13,20H,4-5,8-12,14H2,1-3H3,(H,26,32)(H,27,33). The first kappa shape index (κ1) is 26.1. The zero-order valence-electron chi connectivity index (χ0n) is 19.7. The summed E-state index contributed by atoms with van der Waals surface area (Å²) in [5, 5.41) is 6.55. The number of rotatable bonds is 7. The van der Waals surface area contributed by atoms with E-state index in [4.69, 9.17) is 27.9 Å². The Bertz CT molecular complexity index is 963. The van der Waals surface area contributed by atoms with E-state index in [1.165, 1.54) is 4.90 Å². The number of hydrogen-bond acceptors (Lipinski definition) is 5. The molecule has 0 aliphatic carbocycles. The van der Waals surface area contributed by atoms with Gasteiger partial charge in [-0.15, -0.1) is 0 Å². The predicted molar refractivity (Wildman–Crippen MR) is 131 cm³/mol. The van der Waals surface area contributed by atoms with E-state index in [9.17, 15) is 14.4 Å². The van der Waals surface area contributed by atoms with Gasteiger partial charge in [0.2, 0.25) is 0 Å². The number of urea groups is 2. The van der Waals surface area contributed by atoms with Gasteiger partial charge < -0.3 is 20.3 Å². The minimum absolute atomic E-state index is 0.0699. The summed E-state index contributed by atoms with van der Waals surface area (Å²) >= 11 is 12.5. The third-order valence-electron chi connectivity index (χ3n) is 5.90. The van der Waals surface area contributed by atoms with E-state index in [0.29, 0.717) is 66.1 Å². The van der Waals surface area contributed by atoms with Crippen molar-refractivity contribution in [3.8, 4) is 0 Å². The molecule has 0 aromatic heterocycles. The highest BCUT2D eigenvalue weighted by atomic mass is 35.5. The fourth-order valence-corrected chi connectivity index (χ4v) is 4.55. The molecule has 9 nitrogen and oxygen atoms in total. The van der Waals surface area contributed by atoms with Crippen molar-refractivity contribution in [1.82, 2.24) is 25.3 Å². The Morgan fingerprint density at radius 1 is 1.18 bits per heavy atom. The normalized spacial score (nSPS) is 19.2. The Morgan fingerprint density at radius 2 is 1.88 bits per heavy atom. The van der Waals surface area contributed by atoms with Crippen molar-refractivity contribution >= 4 is 41.2 Å². The molecule has 1 aromatic rings. The minimum atomic E-state index is -0.774. The summed E-state index contributed by atoms with van der Waals surface area (Å²) in [5.74, 6) is -0.516. The van der Waals surface area contributed by atoms with Crippen molar-refractivity contribution in [2.24, 2.45) is 0 Å². The van der Waals surface area contributed by atoms with Crippen LogP contribution in [0.5, 0.6) is 0 Å². The van der Waals surface area contributed by atoms with Gasteiger partial charge in [-0.2, -0.15) is 0 Å². The van der Waals surface area contributed by atoms with Gasteiger partial charge in [0, 0.05) is 62.1 Å². The highest BCUT2D eigenvalue weighted by Crippen LogP contribution is 2.36. The lowest BCUT2D eigenvalue weighted by Gasteiger charge is -2.39. The molecule has 1 atom stereocenters. The summed E-state index contributed by atoms with van der Waals surface area (Å²) in [6, 6.07) is 3.75. The first-order valence-corrected chi connectivity index (χ1v) is 12.2. The van der Waals surface area contributed by atoms with E-state index in [-0.39, 0.29) is 18.7 Å². The second-order valence-electron chi connectivity index (χ2n) is 8.18. The van der Waals surface area contributed by atoms with E-state index in [1.54, 1.807) is 37.1 Å². The molecule has 0 saturated carbocycles. The quantitative estimate of drug-likeness (QED) is 0.548. The number of esters is 1. The van der Waals surface area contributed by atoms with Crippen LogP contribution in [0.25, 0.3) is 0 Å². The van der Waals surface area contributed by atoms with Crippen LogP contribution >= 0.6 is 23.2 Å². The number of benzene rings is 1. The van der Waals surface area contributed by atoms with Crippen molar-refractivity contribution in [2.45, 2.75) is 26.3 Å². The van der Waals surface area contributed by atoms with E-state index >= 15 is 0 Å². The van der Waals surface area contributed by atoms with Gasteiger partial charge in [0.05, 0.1) is 18.2 Å². The molecule has 2 N–H and O–H groups in total. The van der Waals surface area contributed by atoms with E-state index in [2.05, 4.69) is 15.5 Å². The summed E-state index contributed by atoms with van der Waals surface area (Å²) in [5.41, 5.74) is 1.43. The summed E-state index contributed by atoms with van der Waals surface area (Å²) in [6.07, 6.45) is 0.879. The van der Waals surface area contributed by atoms with Crippen LogP contribution < -0.4 is 10.6 Å². The lowest BCUT2D eigenvalue weighted by atomic mass is 9.94. The molecule has 3 rings (SSSR count). The molecule has 2 heterocycles. The SMILES string of the molecule is CCCNC(=O)N1CCN(CC2=C(C(=O)OCC)C(c3ccc(Cl)cc3Cl)NC(=O)N2C)CC1. The Hall–Kier alpha value is -2.49. The number of hydrogen-bond donors (Lipinski definition) is 2. The zero-order valence-corrected chi connectivity index (χ0v) is 21.2. The van der Waals surface area contributed by atoms with Crippen molar-refractivity contribution in [2.75, 3.05) is 52.9 Å². The Balaban J connectivity index is 1.88. The van der Waals surface area contributed by atoms with E-state index in [1.807, 2.05) is 6.92 Å². The van der Waals surface area contributed by atoms with Gasteiger partial charge in [0.15, 0.2) is 0 Å². The molecule has 4 amide bonds. The number of halogens is 2. The van der Waals surface area contributed by atoms with Crippen LogP contribution in [-0.4, -0.2) is 85.7 Å². The third kappa shape index (κ3) is 5.95. The first-order chi connectivity index (χ1) is 16.3. The van der Waals surface area contributed by atoms with E-state index < -0.39 is 12.0 Å². The monoisotopic (exact) mass is 511 g/mol. The molecule has 11 heteroatoms. The van der Waals surface area contributed by atoms with Crippen LogP contribution in [0.4, 0.5) is 9.59 Å². The molecule has 2 aliphatic rings. The van der Waals surface area contributed by atoms with Crippen molar-refractivity contribution in [1.29, 1.82) is 0 Å². The molecule has 1 saturated heterocycles. The number of carbonyl (C=O) groups excluding carboxylic acids is 3. The second kappa shape index (κ2) is 11.8. The molecule has 2 aliphatic heterocycles. The molecule has 34 heavy (non-hydrogen) atoms. The van der Waals surface area contributed by atoms with Gasteiger partial charge in [-0.25, -0.2) is 14.4 Å².